The number of benzene rings is 3. The Balaban J connectivity index is 1.42. The van der Waals surface area contributed by atoms with Crippen LogP contribution in [-0.4, -0.2) is 29.1 Å². The van der Waals surface area contributed by atoms with Gasteiger partial charge in [0.05, 0.1) is 10.6 Å². The Kier molecular flexibility index (Phi) is 5.68. The van der Waals surface area contributed by atoms with Crippen LogP contribution in [0.15, 0.2) is 66.9 Å². The lowest BCUT2D eigenvalue weighted by Gasteiger charge is -2.24. The van der Waals surface area contributed by atoms with E-state index in [4.69, 9.17) is 32.7 Å². The lowest BCUT2D eigenvalue weighted by Crippen LogP contribution is -2.32. The number of carbonyl (C=O) groups excluding carboxylic acids is 1. The van der Waals surface area contributed by atoms with E-state index < -0.39 is 0 Å². The van der Waals surface area contributed by atoms with Crippen molar-refractivity contribution in [2.24, 2.45) is 0 Å². The van der Waals surface area contributed by atoms with Crippen LogP contribution in [0, 0.1) is 0 Å². The number of hydrogen-bond acceptors (Lipinski definition) is 3. The first-order chi connectivity index (χ1) is 15.6. The first kappa shape index (κ1) is 20.7. The minimum atomic E-state index is -0.149. The molecule has 0 fully saturated rings. The van der Waals surface area contributed by atoms with Crippen LogP contribution in [0.2, 0.25) is 10.0 Å². The van der Waals surface area contributed by atoms with Crippen LogP contribution in [0.25, 0.3) is 10.9 Å². The van der Waals surface area contributed by atoms with Gasteiger partial charge in [0.15, 0.2) is 11.5 Å². The summed E-state index contributed by atoms with van der Waals surface area (Å²) in [6.45, 7) is 1.15. The van der Waals surface area contributed by atoms with E-state index in [1.165, 1.54) is 0 Å². The van der Waals surface area contributed by atoms with Crippen LogP contribution in [0.5, 0.6) is 11.5 Å². The molecule has 1 N–H and O–H groups in total. The van der Waals surface area contributed by atoms with Gasteiger partial charge in [-0.05, 0) is 53.9 Å². The van der Waals surface area contributed by atoms with Gasteiger partial charge >= 0.3 is 0 Å². The summed E-state index contributed by atoms with van der Waals surface area (Å²) in [6.07, 6.45) is 2.70. The van der Waals surface area contributed by atoms with Crippen molar-refractivity contribution >= 4 is 40.0 Å². The fraction of sp³-hybridized carbons (Fsp3) is 0.160. The predicted octanol–water partition coefficient (Wildman–Crippen LogP) is 6.09. The Hall–Kier alpha value is -3.15. The number of para-hydroxylation sites is 1. The Morgan fingerprint density at radius 3 is 2.72 bits per heavy atom. The number of rotatable bonds is 6. The molecule has 1 aliphatic heterocycles. The fourth-order valence-corrected chi connectivity index (χ4v) is 4.43. The average molecular weight is 467 g/mol. The van der Waals surface area contributed by atoms with Crippen LogP contribution in [0.3, 0.4) is 0 Å². The summed E-state index contributed by atoms with van der Waals surface area (Å²) < 4.78 is 10.9. The zero-order valence-electron chi connectivity index (χ0n) is 17.1. The lowest BCUT2D eigenvalue weighted by atomic mass is 10.1. The third kappa shape index (κ3) is 4.14. The zero-order valence-corrected chi connectivity index (χ0v) is 18.6. The van der Waals surface area contributed by atoms with Crippen LogP contribution in [0.4, 0.5) is 0 Å². The molecule has 1 aliphatic rings. The topological polar surface area (TPSA) is 54.6 Å². The van der Waals surface area contributed by atoms with Gasteiger partial charge in [0.25, 0.3) is 5.91 Å². The summed E-state index contributed by atoms with van der Waals surface area (Å²) in [5.41, 5.74) is 3.62. The molecule has 0 aliphatic carbocycles. The van der Waals surface area contributed by atoms with Gasteiger partial charge in [-0.3, -0.25) is 4.79 Å². The molecule has 0 spiro atoms. The number of ether oxygens (including phenoxy) is 2. The number of H-pyrrole nitrogens is 1. The average Bonchev–Trinajstić information content (AvgIpc) is 3.43. The van der Waals surface area contributed by atoms with Crippen molar-refractivity contribution < 1.29 is 14.3 Å². The summed E-state index contributed by atoms with van der Waals surface area (Å²) in [4.78, 5) is 18.6. The van der Waals surface area contributed by atoms with Crippen molar-refractivity contribution in [2.45, 2.75) is 13.0 Å². The van der Waals surface area contributed by atoms with Crippen LogP contribution >= 0.6 is 23.2 Å². The molecule has 0 atom stereocenters. The number of aromatic nitrogens is 1. The molecular weight excluding hydrogens is 447 g/mol. The molecule has 3 aromatic carbocycles. The summed E-state index contributed by atoms with van der Waals surface area (Å²) >= 11 is 12.4. The molecule has 0 unspecified atom stereocenters. The van der Waals surface area contributed by atoms with Gasteiger partial charge in [-0.2, -0.15) is 0 Å². The minimum absolute atomic E-state index is 0.149. The van der Waals surface area contributed by atoms with Crippen molar-refractivity contribution in [3.63, 3.8) is 0 Å². The lowest BCUT2D eigenvalue weighted by molar-refractivity contribution is 0.0745. The maximum atomic E-state index is 13.5. The number of hydrogen-bond donors (Lipinski definition) is 1. The summed E-state index contributed by atoms with van der Waals surface area (Å²) in [5, 5.41) is 1.99. The van der Waals surface area contributed by atoms with Crippen molar-refractivity contribution in [1.29, 1.82) is 0 Å². The molecule has 0 saturated heterocycles. The summed E-state index contributed by atoms with van der Waals surface area (Å²) in [7, 11) is 0. The van der Waals surface area contributed by atoms with Crippen LogP contribution in [-0.2, 0) is 13.0 Å². The maximum absolute atomic E-state index is 13.5. The van der Waals surface area contributed by atoms with E-state index in [1.807, 2.05) is 42.6 Å². The van der Waals surface area contributed by atoms with Gasteiger partial charge in [-0.15, -0.1) is 0 Å². The Morgan fingerprint density at radius 1 is 1.00 bits per heavy atom. The number of amides is 1. The summed E-state index contributed by atoms with van der Waals surface area (Å²) in [5.74, 6) is 1.26. The molecule has 7 heteroatoms. The first-order valence-corrected chi connectivity index (χ1v) is 11.0. The van der Waals surface area contributed by atoms with Crippen LogP contribution < -0.4 is 9.47 Å². The van der Waals surface area contributed by atoms with Crippen molar-refractivity contribution in [3.05, 3.63) is 93.6 Å². The number of aromatic amines is 1. The number of nitrogens with zero attached hydrogens (tertiary/aromatic N) is 1. The number of nitrogens with one attached hydrogen (secondary N) is 1. The minimum Gasteiger partial charge on any atom is -0.454 e. The molecule has 162 valence electrons. The largest absolute Gasteiger partial charge is 0.454 e. The number of fused-ring (bicyclic) bond motifs is 2. The second-order valence-corrected chi connectivity index (χ2v) is 8.49. The SMILES string of the molecule is O=C(c1ccc(Cl)cc1Cl)N(CCc1c[nH]c2ccccc12)Cc1ccc2c(c1)OCO2. The van der Waals surface area contributed by atoms with E-state index in [0.717, 1.165) is 22.0 Å². The molecule has 4 aromatic rings. The number of halogens is 2. The molecule has 0 radical (unpaired) electrons. The highest BCUT2D eigenvalue weighted by Crippen LogP contribution is 2.33. The number of carbonyl (C=O) groups is 1. The maximum Gasteiger partial charge on any atom is 0.255 e. The molecule has 0 saturated carbocycles. The Morgan fingerprint density at radius 2 is 1.84 bits per heavy atom. The third-order valence-corrected chi connectivity index (χ3v) is 6.13. The molecule has 1 amide bonds. The third-order valence-electron chi connectivity index (χ3n) is 5.59. The van der Waals surface area contributed by atoms with E-state index in [0.29, 0.717) is 46.6 Å². The standard InChI is InChI=1S/C25H20Cl2N2O3/c26-18-6-7-20(21(27)12-18)25(30)29(14-16-5-8-23-24(11-16)32-15-31-23)10-9-17-13-28-22-4-2-1-3-19(17)22/h1-8,11-13,28H,9-10,14-15H2. The van der Waals surface area contributed by atoms with Gasteiger partial charge in [-0.25, -0.2) is 0 Å². The monoisotopic (exact) mass is 466 g/mol. The highest BCUT2D eigenvalue weighted by molar-refractivity contribution is 6.36. The molecular formula is C25H20Cl2N2O3. The zero-order chi connectivity index (χ0) is 22.1. The highest BCUT2D eigenvalue weighted by atomic mass is 35.5. The van der Waals surface area contributed by atoms with Gasteiger partial charge in [0.1, 0.15) is 0 Å². The van der Waals surface area contributed by atoms with E-state index >= 15 is 0 Å². The van der Waals surface area contributed by atoms with Crippen LogP contribution in [0.1, 0.15) is 21.5 Å². The van der Waals surface area contributed by atoms with E-state index in [9.17, 15) is 4.79 Å². The van der Waals surface area contributed by atoms with E-state index in [1.54, 1.807) is 23.1 Å². The first-order valence-electron chi connectivity index (χ1n) is 10.3. The highest BCUT2D eigenvalue weighted by Gasteiger charge is 2.21. The van der Waals surface area contributed by atoms with Crippen molar-refractivity contribution in [2.75, 3.05) is 13.3 Å². The molecule has 32 heavy (non-hydrogen) atoms. The van der Waals surface area contributed by atoms with Crippen molar-refractivity contribution in [3.8, 4) is 11.5 Å². The molecule has 0 bridgehead atoms. The van der Waals surface area contributed by atoms with E-state index in [2.05, 4.69) is 11.1 Å². The van der Waals surface area contributed by atoms with Crippen molar-refractivity contribution in [1.82, 2.24) is 9.88 Å². The smallest absolute Gasteiger partial charge is 0.255 e. The molecule has 2 heterocycles. The summed E-state index contributed by atoms with van der Waals surface area (Å²) in [6, 6.07) is 18.8. The normalized spacial score (nSPS) is 12.3. The Labute approximate surface area is 195 Å². The van der Waals surface area contributed by atoms with Gasteiger partial charge in [-0.1, -0.05) is 47.5 Å². The predicted molar refractivity (Wildman–Crippen MR) is 126 cm³/mol. The molecule has 5 rings (SSSR count). The quantitative estimate of drug-likeness (QED) is 0.374. The van der Waals surface area contributed by atoms with Gasteiger partial charge in [0, 0.05) is 35.2 Å². The fourth-order valence-electron chi connectivity index (χ4n) is 3.94. The van der Waals surface area contributed by atoms with E-state index in [-0.39, 0.29) is 12.7 Å². The second kappa shape index (κ2) is 8.77. The van der Waals surface area contributed by atoms with Gasteiger partial charge in [0.2, 0.25) is 6.79 Å². The second-order valence-electron chi connectivity index (χ2n) is 7.65. The Bertz CT molecular complexity index is 1300. The molecule has 5 nitrogen and oxygen atoms in total. The van der Waals surface area contributed by atoms with Gasteiger partial charge < -0.3 is 19.4 Å². The molecule has 1 aromatic heterocycles.